The quantitative estimate of drug-likeness (QED) is 0.649. The van der Waals surface area contributed by atoms with E-state index in [-0.39, 0.29) is 24.1 Å². The number of sulfonamides is 1. The van der Waals surface area contributed by atoms with Gasteiger partial charge in [-0.3, -0.25) is 9.10 Å². The van der Waals surface area contributed by atoms with Crippen LogP contribution in [0.5, 0.6) is 5.75 Å². The number of nitrogens with one attached hydrogen (secondary N) is 1. The van der Waals surface area contributed by atoms with Gasteiger partial charge in [0.05, 0.1) is 18.0 Å². The Morgan fingerprint density at radius 3 is 2.52 bits per heavy atom. The maximum absolute atomic E-state index is 13.0. The first kappa shape index (κ1) is 23.4. The third-order valence-corrected chi connectivity index (χ3v) is 7.50. The highest BCUT2D eigenvalue weighted by Crippen LogP contribution is 2.42. The fourth-order valence-corrected chi connectivity index (χ4v) is 4.96. The molecular weight excluding hydrogens is 436 g/mol. The molecule has 0 aromatic heterocycles. The first-order valence-electron chi connectivity index (χ1n) is 10.4. The summed E-state index contributed by atoms with van der Waals surface area (Å²) in [6.07, 6.45) is 3.32. The summed E-state index contributed by atoms with van der Waals surface area (Å²) in [6.45, 7) is 5.65. The number of carbonyl (C=O) groups excluding carboxylic acids is 1. The highest BCUT2D eigenvalue weighted by atomic mass is 35.5. The number of amides is 1. The normalized spacial score (nSPS) is 17.4. The summed E-state index contributed by atoms with van der Waals surface area (Å²) in [5.74, 6) is 0.373. The van der Waals surface area contributed by atoms with Gasteiger partial charge in [-0.2, -0.15) is 0 Å². The van der Waals surface area contributed by atoms with E-state index in [4.69, 9.17) is 16.3 Å². The molecule has 2 aromatic carbocycles. The van der Waals surface area contributed by atoms with Crippen LogP contribution in [0, 0.1) is 6.92 Å². The number of anilines is 1. The highest BCUT2D eigenvalue weighted by molar-refractivity contribution is 7.92. The molecule has 6 nitrogen and oxygen atoms in total. The van der Waals surface area contributed by atoms with E-state index < -0.39 is 10.0 Å². The summed E-state index contributed by atoms with van der Waals surface area (Å²) in [7, 11) is -3.69. The van der Waals surface area contributed by atoms with Gasteiger partial charge in [0, 0.05) is 17.0 Å². The van der Waals surface area contributed by atoms with Crippen molar-refractivity contribution in [2.75, 3.05) is 17.1 Å². The van der Waals surface area contributed by atoms with E-state index in [1.54, 1.807) is 18.2 Å². The van der Waals surface area contributed by atoms with E-state index in [1.165, 1.54) is 0 Å². The van der Waals surface area contributed by atoms with Crippen molar-refractivity contribution in [2.45, 2.75) is 51.7 Å². The summed E-state index contributed by atoms with van der Waals surface area (Å²) in [5, 5.41) is 3.48. The number of fused-ring (bicyclic) bond motifs is 1. The van der Waals surface area contributed by atoms with E-state index >= 15 is 0 Å². The molecule has 0 aliphatic carbocycles. The zero-order valence-electron chi connectivity index (χ0n) is 18.3. The van der Waals surface area contributed by atoms with Gasteiger partial charge in [-0.05, 0) is 43.5 Å². The molecule has 0 fully saturated rings. The van der Waals surface area contributed by atoms with Crippen molar-refractivity contribution in [3.63, 3.8) is 0 Å². The summed E-state index contributed by atoms with van der Waals surface area (Å²) < 4.78 is 32.2. The number of rotatable bonds is 7. The van der Waals surface area contributed by atoms with Crippen LogP contribution in [0.1, 0.15) is 50.3 Å². The molecule has 0 saturated carbocycles. The Hall–Kier alpha value is -2.25. The predicted molar refractivity (Wildman–Crippen MR) is 124 cm³/mol. The summed E-state index contributed by atoms with van der Waals surface area (Å²) in [4.78, 5) is 13.0. The average Bonchev–Trinajstić information content (AvgIpc) is 2.73. The van der Waals surface area contributed by atoms with Crippen LogP contribution < -0.4 is 14.4 Å². The number of halogens is 1. The van der Waals surface area contributed by atoms with Crippen LogP contribution in [-0.2, 0) is 14.8 Å². The standard InChI is InChI=1S/C23H29ClN2O4S/c1-5-23(6-2)14-20(18-9-7-8-10-21(18)30-23)25-22(27)15-26(31(4,28)29)17-12-11-16(3)19(24)13-17/h7-13,20H,5-6,14-15H2,1-4H3,(H,25,27)/t20-/m1/s1. The monoisotopic (exact) mass is 464 g/mol. The Kier molecular flexibility index (Phi) is 6.86. The van der Waals surface area contributed by atoms with Gasteiger partial charge >= 0.3 is 0 Å². The van der Waals surface area contributed by atoms with Crippen molar-refractivity contribution in [3.8, 4) is 5.75 Å². The van der Waals surface area contributed by atoms with Gasteiger partial charge in [0.1, 0.15) is 17.9 Å². The molecule has 1 aliphatic heterocycles. The van der Waals surface area contributed by atoms with Gasteiger partial charge in [-0.1, -0.05) is 49.7 Å². The molecule has 0 saturated heterocycles. The third-order valence-electron chi connectivity index (χ3n) is 5.95. The van der Waals surface area contributed by atoms with E-state index in [9.17, 15) is 13.2 Å². The lowest BCUT2D eigenvalue weighted by atomic mass is 9.83. The van der Waals surface area contributed by atoms with Crippen LogP contribution in [0.4, 0.5) is 5.69 Å². The lowest BCUT2D eigenvalue weighted by Crippen LogP contribution is -2.47. The molecule has 0 spiro atoms. The molecule has 0 radical (unpaired) electrons. The second-order valence-electron chi connectivity index (χ2n) is 8.06. The molecule has 1 heterocycles. The van der Waals surface area contributed by atoms with Crippen molar-refractivity contribution >= 4 is 33.2 Å². The molecule has 1 atom stereocenters. The molecular formula is C23H29ClN2O4S. The summed E-state index contributed by atoms with van der Waals surface area (Å²) in [5.41, 5.74) is 1.72. The number of benzene rings is 2. The molecule has 3 rings (SSSR count). The minimum absolute atomic E-state index is 0.264. The summed E-state index contributed by atoms with van der Waals surface area (Å²) >= 11 is 6.18. The molecule has 0 bridgehead atoms. The number of ether oxygens (including phenoxy) is 1. The van der Waals surface area contributed by atoms with Crippen LogP contribution >= 0.6 is 11.6 Å². The van der Waals surface area contributed by atoms with Gasteiger partial charge in [0.2, 0.25) is 15.9 Å². The molecule has 0 unspecified atom stereocenters. The highest BCUT2D eigenvalue weighted by Gasteiger charge is 2.39. The Morgan fingerprint density at radius 2 is 1.90 bits per heavy atom. The number of hydrogen-bond donors (Lipinski definition) is 1. The third kappa shape index (κ3) is 5.15. The van der Waals surface area contributed by atoms with Crippen molar-refractivity contribution in [1.29, 1.82) is 0 Å². The second kappa shape index (κ2) is 9.09. The van der Waals surface area contributed by atoms with Crippen molar-refractivity contribution in [3.05, 3.63) is 58.6 Å². The minimum Gasteiger partial charge on any atom is -0.487 e. The number of para-hydroxylation sites is 1. The van der Waals surface area contributed by atoms with Crippen LogP contribution in [0.3, 0.4) is 0 Å². The SMILES string of the molecule is CCC1(CC)C[C@@H](NC(=O)CN(c2ccc(C)c(Cl)c2)S(C)(=O)=O)c2ccccc2O1. The second-order valence-corrected chi connectivity index (χ2v) is 10.4. The van der Waals surface area contributed by atoms with Crippen LogP contribution in [0.15, 0.2) is 42.5 Å². The van der Waals surface area contributed by atoms with Gasteiger partial charge in [0.25, 0.3) is 0 Å². The van der Waals surface area contributed by atoms with Crippen molar-refractivity contribution in [2.24, 2.45) is 0 Å². The molecule has 2 aromatic rings. The van der Waals surface area contributed by atoms with Gasteiger partial charge in [-0.25, -0.2) is 8.42 Å². The fraction of sp³-hybridized carbons (Fsp3) is 0.435. The first-order chi connectivity index (χ1) is 14.6. The van der Waals surface area contributed by atoms with Crippen LogP contribution in [0.2, 0.25) is 5.02 Å². The first-order valence-corrected chi connectivity index (χ1v) is 12.6. The molecule has 1 amide bonds. The van der Waals surface area contributed by atoms with Crippen LogP contribution in [-0.4, -0.2) is 32.7 Å². The van der Waals surface area contributed by atoms with E-state index in [0.717, 1.165) is 40.3 Å². The Labute approximate surface area is 189 Å². The maximum Gasteiger partial charge on any atom is 0.241 e. The van der Waals surface area contributed by atoms with Gasteiger partial charge in [-0.15, -0.1) is 0 Å². The number of nitrogens with zero attached hydrogens (tertiary/aromatic N) is 1. The minimum atomic E-state index is -3.69. The fourth-order valence-electron chi connectivity index (χ4n) is 3.94. The Bertz CT molecular complexity index is 1070. The topological polar surface area (TPSA) is 75.7 Å². The zero-order chi connectivity index (χ0) is 22.8. The number of aryl methyl sites for hydroxylation is 1. The van der Waals surface area contributed by atoms with E-state index in [2.05, 4.69) is 19.2 Å². The van der Waals surface area contributed by atoms with E-state index in [1.807, 2.05) is 31.2 Å². The lowest BCUT2D eigenvalue weighted by molar-refractivity contribution is -0.121. The van der Waals surface area contributed by atoms with Crippen LogP contribution in [0.25, 0.3) is 0 Å². The summed E-state index contributed by atoms with van der Waals surface area (Å²) in [6, 6.07) is 12.3. The molecule has 1 N–H and O–H groups in total. The largest absolute Gasteiger partial charge is 0.487 e. The molecule has 8 heteroatoms. The molecule has 31 heavy (non-hydrogen) atoms. The zero-order valence-corrected chi connectivity index (χ0v) is 19.9. The van der Waals surface area contributed by atoms with Crippen molar-refractivity contribution in [1.82, 2.24) is 5.32 Å². The predicted octanol–water partition coefficient (Wildman–Crippen LogP) is 4.61. The average molecular weight is 465 g/mol. The molecule has 1 aliphatic rings. The Balaban J connectivity index is 1.86. The van der Waals surface area contributed by atoms with E-state index in [0.29, 0.717) is 17.1 Å². The van der Waals surface area contributed by atoms with Crippen molar-refractivity contribution < 1.29 is 17.9 Å². The number of hydrogen-bond acceptors (Lipinski definition) is 4. The van der Waals surface area contributed by atoms with Gasteiger partial charge in [0.15, 0.2) is 0 Å². The lowest BCUT2D eigenvalue weighted by Gasteiger charge is -2.41. The van der Waals surface area contributed by atoms with Gasteiger partial charge < -0.3 is 10.1 Å². The molecule has 168 valence electrons. The maximum atomic E-state index is 13.0. The number of carbonyl (C=O) groups is 1. The smallest absolute Gasteiger partial charge is 0.241 e. The Morgan fingerprint density at radius 1 is 1.23 bits per heavy atom.